The third kappa shape index (κ3) is 1.95. The summed E-state index contributed by atoms with van der Waals surface area (Å²) in [7, 11) is 0. The maximum absolute atomic E-state index is 11.1. The molecule has 12 heavy (non-hydrogen) atoms. The number of carbonyl (C=O) groups excluding carboxylic acids is 1. The van der Waals surface area contributed by atoms with E-state index in [1.807, 2.05) is 0 Å². The van der Waals surface area contributed by atoms with Gasteiger partial charge in [0.2, 0.25) is 5.91 Å². The molecule has 0 heterocycles. The van der Waals surface area contributed by atoms with E-state index >= 15 is 0 Å². The second-order valence-electron chi connectivity index (χ2n) is 3.36. The standard InChI is InChI=1S/C8H16N2O2/c9-5-6-3-1-2-4-7(6)8(11)10-12/h6-7,12H,1-5,9H2,(H,10,11). The highest BCUT2D eigenvalue weighted by atomic mass is 16.5. The summed E-state index contributed by atoms with van der Waals surface area (Å²) in [6.07, 6.45) is 4.08. The van der Waals surface area contributed by atoms with E-state index in [9.17, 15) is 4.79 Å². The number of rotatable bonds is 2. The van der Waals surface area contributed by atoms with E-state index in [1.165, 1.54) is 0 Å². The Morgan fingerprint density at radius 2 is 2.17 bits per heavy atom. The van der Waals surface area contributed by atoms with E-state index in [2.05, 4.69) is 0 Å². The summed E-state index contributed by atoms with van der Waals surface area (Å²) in [5.41, 5.74) is 7.23. The molecule has 1 aliphatic carbocycles. The summed E-state index contributed by atoms with van der Waals surface area (Å²) < 4.78 is 0. The summed E-state index contributed by atoms with van der Waals surface area (Å²) in [6, 6.07) is 0. The fraction of sp³-hybridized carbons (Fsp3) is 0.875. The predicted molar refractivity (Wildman–Crippen MR) is 44.4 cm³/mol. The van der Waals surface area contributed by atoms with Crippen LogP contribution in [0.2, 0.25) is 0 Å². The van der Waals surface area contributed by atoms with E-state index < -0.39 is 0 Å². The summed E-state index contributed by atoms with van der Waals surface area (Å²) in [4.78, 5) is 11.1. The van der Waals surface area contributed by atoms with Gasteiger partial charge in [0.25, 0.3) is 0 Å². The van der Waals surface area contributed by atoms with Gasteiger partial charge in [-0.25, -0.2) is 5.48 Å². The van der Waals surface area contributed by atoms with Gasteiger partial charge in [0.15, 0.2) is 0 Å². The Morgan fingerprint density at radius 3 is 2.75 bits per heavy atom. The highest BCUT2D eigenvalue weighted by molar-refractivity contribution is 5.77. The Kier molecular flexibility index (Phi) is 3.49. The number of hydrogen-bond acceptors (Lipinski definition) is 3. The molecule has 0 spiro atoms. The third-order valence-electron chi connectivity index (χ3n) is 2.66. The minimum atomic E-state index is -0.273. The molecule has 4 nitrogen and oxygen atoms in total. The summed E-state index contributed by atoms with van der Waals surface area (Å²) in [5, 5.41) is 8.46. The van der Waals surface area contributed by atoms with Gasteiger partial charge in [0.1, 0.15) is 0 Å². The molecular formula is C8H16N2O2. The molecule has 0 saturated heterocycles. The second kappa shape index (κ2) is 4.42. The lowest BCUT2D eigenvalue weighted by atomic mass is 9.79. The molecular weight excluding hydrogens is 156 g/mol. The topological polar surface area (TPSA) is 75.4 Å². The number of carbonyl (C=O) groups is 1. The summed E-state index contributed by atoms with van der Waals surface area (Å²) >= 11 is 0. The molecule has 0 aromatic heterocycles. The zero-order valence-electron chi connectivity index (χ0n) is 7.12. The van der Waals surface area contributed by atoms with Gasteiger partial charge in [-0.15, -0.1) is 0 Å². The average molecular weight is 172 g/mol. The molecule has 0 aromatic rings. The van der Waals surface area contributed by atoms with Crippen LogP contribution in [0, 0.1) is 11.8 Å². The average Bonchev–Trinajstić information content (AvgIpc) is 2.16. The Labute approximate surface area is 72.1 Å². The Bertz CT molecular complexity index is 161. The van der Waals surface area contributed by atoms with Crippen molar-refractivity contribution in [1.82, 2.24) is 5.48 Å². The molecule has 0 aliphatic heterocycles. The van der Waals surface area contributed by atoms with Crippen molar-refractivity contribution in [1.29, 1.82) is 0 Å². The van der Waals surface area contributed by atoms with Gasteiger partial charge in [0, 0.05) is 5.92 Å². The van der Waals surface area contributed by atoms with Crippen LogP contribution in [0.15, 0.2) is 0 Å². The molecule has 1 fully saturated rings. The molecule has 2 unspecified atom stereocenters. The van der Waals surface area contributed by atoms with Crippen LogP contribution in [0.3, 0.4) is 0 Å². The second-order valence-corrected chi connectivity index (χ2v) is 3.36. The molecule has 0 radical (unpaired) electrons. The first-order chi connectivity index (χ1) is 5.79. The fourth-order valence-corrected chi connectivity index (χ4v) is 1.92. The van der Waals surface area contributed by atoms with Gasteiger partial charge in [-0.3, -0.25) is 10.0 Å². The number of nitrogens with two attached hydrogens (primary N) is 1. The van der Waals surface area contributed by atoms with Crippen molar-refractivity contribution in [3.05, 3.63) is 0 Å². The largest absolute Gasteiger partial charge is 0.330 e. The first kappa shape index (κ1) is 9.48. The predicted octanol–water partition coefficient (Wildman–Crippen LogP) is 0.257. The molecule has 0 aromatic carbocycles. The zero-order valence-corrected chi connectivity index (χ0v) is 7.12. The summed E-state index contributed by atoms with van der Waals surface area (Å²) in [5.74, 6) is -0.0928. The Hall–Kier alpha value is -0.610. The third-order valence-corrected chi connectivity index (χ3v) is 2.66. The van der Waals surface area contributed by atoms with Crippen LogP contribution >= 0.6 is 0 Å². The van der Waals surface area contributed by atoms with Crippen molar-refractivity contribution in [3.63, 3.8) is 0 Å². The van der Waals surface area contributed by atoms with Crippen LogP contribution in [0.25, 0.3) is 0 Å². The molecule has 4 heteroatoms. The Morgan fingerprint density at radius 1 is 1.50 bits per heavy atom. The molecule has 1 amide bonds. The fourth-order valence-electron chi connectivity index (χ4n) is 1.92. The van der Waals surface area contributed by atoms with Crippen molar-refractivity contribution in [2.45, 2.75) is 25.7 Å². The number of hydrogen-bond donors (Lipinski definition) is 3. The van der Waals surface area contributed by atoms with Gasteiger partial charge >= 0.3 is 0 Å². The lowest BCUT2D eigenvalue weighted by Crippen LogP contribution is -2.38. The minimum Gasteiger partial charge on any atom is -0.330 e. The van der Waals surface area contributed by atoms with Gasteiger partial charge < -0.3 is 5.73 Å². The molecule has 2 atom stereocenters. The highest BCUT2D eigenvalue weighted by Crippen LogP contribution is 2.29. The van der Waals surface area contributed by atoms with Crippen LogP contribution in [0.1, 0.15) is 25.7 Å². The van der Waals surface area contributed by atoms with Crippen LogP contribution in [0.4, 0.5) is 0 Å². The molecule has 4 N–H and O–H groups in total. The summed E-state index contributed by atoms with van der Waals surface area (Å²) in [6.45, 7) is 0.540. The lowest BCUT2D eigenvalue weighted by molar-refractivity contribution is -0.136. The highest BCUT2D eigenvalue weighted by Gasteiger charge is 2.29. The van der Waals surface area contributed by atoms with E-state index in [0.29, 0.717) is 6.54 Å². The van der Waals surface area contributed by atoms with Crippen LogP contribution in [-0.4, -0.2) is 17.7 Å². The van der Waals surface area contributed by atoms with E-state index in [1.54, 1.807) is 5.48 Å². The molecule has 70 valence electrons. The van der Waals surface area contributed by atoms with E-state index in [-0.39, 0.29) is 17.7 Å². The maximum atomic E-state index is 11.1. The van der Waals surface area contributed by atoms with Crippen molar-refractivity contribution in [2.24, 2.45) is 17.6 Å². The van der Waals surface area contributed by atoms with Crippen LogP contribution < -0.4 is 11.2 Å². The quantitative estimate of drug-likeness (QED) is 0.413. The molecule has 0 bridgehead atoms. The van der Waals surface area contributed by atoms with E-state index in [0.717, 1.165) is 25.7 Å². The maximum Gasteiger partial charge on any atom is 0.246 e. The molecule has 1 rings (SSSR count). The number of hydroxylamine groups is 1. The lowest BCUT2D eigenvalue weighted by Gasteiger charge is -2.28. The van der Waals surface area contributed by atoms with Crippen molar-refractivity contribution < 1.29 is 10.0 Å². The van der Waals surface area contributed by atoms with Crippen molar-refractivity contribution >= 4 is 5.91 Å². The molecule has 1 aliphatic rings. The van der Waals surface area contributed by atoms with E-state index in [4.69, 9.17) is 10.9 Å². The normalized spacial score (nSPS) is 29.8. The van der Waals surface area contributed by atoms with Crippen LogP contribution in [-0.2, 0) is 4.79 Å². The van der Waals surface area contributed by atoms with Gasteiger partial charge in [-0.1, -0.05) is 12.8 Å². The SMILES string of the molecule is NCC1CCCCC1C(=O)NO. The van der Waals surface area contributed by atoms with Crippen molar-refractivity contribution in [3.8, 4) is 0 Å². The smallest absolute Gasteiger partial charge is 0.246 e. The number of nitrogens with one attached hydrogen (secondary N) is 1. The zero-order chi connectivity index (χ0) is 8.97. The minimum absolute atomic E-state index is 0.0752. The van der Waals surface area contributed by atoms with Crippen molar-refractivity contribution in [2.75, 3.05) is 6.54 Å². The first-order valence-corrected chi connectivity index (χ1v) is 4.43. The van der Waals surface area contributed by atoms with Gasteiger partial charge in [-0.2, -0.15) is 0 Å². The first-order valence-electron chi connectivity index (χ1n) is 4.43. The van der Waals surface area contributed by atoms with Crippen LogP contribution in [0.5, 0.6) is 0 Å². The van der Waals surface area contributed by atoms with Gasteiger partial charge in [0.05, 0.1) is 0 Å². The van der Waals surface area contributed by atoms with Gasteiger partial charge in [-0.05, 0) is 25.3 Å². The Balaban J connectivity index is 2.52. The monoisotopic (exact) mass is 172 g/mol. The number of amides is 1. The molecule has 1 saturated carbocycles.